The predicted molar refractivity (Wildman–Crippen MR) is 135 cm³/mol. The molecule has 0 spiro atoms. The summed E-state index contributed by atoms with van der Waals surface area (Å²) in [5.74, 6) is 3.55. The van der Waals surface area contributed by atoms with Gasteiger partial charge in [-0.3, -0.25) is 0 Å². The standard InChI is InChI=1S/C26H27N3O3.ClH/c1-17-8-10-19(11-9-17)25-28-22-16-24(32-4)23(31-3)15-21(22)26(29-25)27-13-12-18-6-5-7-20(14-18)30-2;/h5-11,14-16H,12-13H2,1-4H3,(H,27,28,29);1H. The average molecular weight is 466 g/mol. The first-order chi connectivity index (χ1) is 15.6. The van der Waals surface area contributed by atoms with Crippen molar-refractivity contribution in [2.24, 2.45) is 0 Å². The van der Waals surface area contributed by atoms with Gasteiger partial charge in [-0.05, 0) is 37.1 Å². The summed E-state index contributed by atoms with van der Waals surface area (Å²) in [7, 11) is 4.93. The first-order valence-electron chi connectivity index (χ1n) is 10.5. The Hall–Kier alpha value is -3.51. The van der Waals surface area contributed by atoms with Gasteiger partial charge in [0.05, 0.1) is 26.8 Å². The second kappa shape index (κ2) is 10.9. The van der Waals surface area contributed by atoms with Crippen LogP contribution in [-0.2, 0) is 6.42 Å². The number of rotatable bonds is 8. The predicted octanol–water partition coefficient (Wildman–Crippen LogP) is 5.71. The fourth-order valence-corrected chi connectivity index (χ4v) is 3.58. The molecule has 0 amide bonds. The molecule has 1 N–H and O–H groups in total. The molecule has 3 aromatic carbocycles. The van der Waals surface area contributed by atoms with Crippen LogP contribution in [0.4, 0.5) is 5.82 Å². The molecule has 4 rings (SSSR count). The van der Waals surface area contributed by atoms with Crippen LogP contribution in [0.1, 0.15) is 11.1 Å². The molecule has 0 unspecified atom stereocenters. The van der Waals surface area contributed by atoms with Crippen molar-refractivity contribution in [3.63, 3.8) is 0 Å². The Bertz CT molecular complexity index is 1230. The molecule has 1 heterocycles. The maximum Gasteiger partial charge on any atom is 0.162 e. The van der Waals surface area contributed by atoms with E-state index in [1.807, 2.05) is 42.5 Å². The fourth-order valence-electron chi connectivity index (χ4n) is 3.58. The Morgan fingerprint density at radius 1 is 0.818 bits per heavy atom. The Kier molecular flexibility index (Phi) is 7.96. The number of halogens is 1. The van der Waals surface area contributed by atoms with Crippen LogP contribution in [0.5, 0.6) is 17.2 Å². The molecule has 33 heavy (non-hydrogen) atoms. The molecule has 4 aromatic rings. The smallest absolute Gasteiger partial charge is 0.162 e. The third kappa shape index (κ3) is 5.46. The van der Waals surface area contributed by atoms with Crippen molar-refractivity contribution in [3.8, 4) is 28.6 Å². The van der Waals surface area contributed by atoms with E-state index in [0.29, 0.717) is 23.9 Å². The van der Waals surface area contributed by atoms with Crippen molar-refractivity contribution in [1.82, 2.24) is 9.97 Å². The second-order valence-corrected chi connectivity index (χ2v) is 7.51. The molecule has 0 fully saturated rings. The number of ether oxygens (including phenoxy) is 3. The summed E-state index contributed by atoms with van der Waals surface area (Å²) >= 11 is 0. The van der Waals surface area contributed by atoms with Gasteiger partial charge in [-0.1, -0.05) is 42.0 Å². The number of nitrogens with one attached hydrogen (secondary N) is 1. The zero-order valence-electron chi connectivity index (χ0n) is 19.2. The molecule has 172 valence electrons. The highest BCUT2D eigenvalue weighted by Crippen LogP contribution is 2.35. The minimum atomic E-state index is 0. The molecular formula is C26H28ClN3O3. The zero-order valence-corrected chi connectivity index (χ0v) is 20.0. The first-order valence-corrected chi connectivity index (χ1v) is 10.5. The Labute approximate surface area is 200 Å². The van der Waals surface area contributed by atoms with E-state index >= 15 is 0 Å². The minimum absolute atomic E-state index is 0. The van der Waals surface area contributed by atoms with Crippen LogP contribution in [0.3, 0.4) is 0 Å². The molecule has 6 nitrogen and oxygen atoms in total. The van der Waals surface area contributed by atoms with Gasteiger partial charge in [0.1, 0.15) is 11.6 Å². The van der Waals surface area contributed by atoms with E-state index in [-0.39, 0.29) is 12.4 Å². The molecule has 7 heteroatoms. The highest BCUT2D eigenvalue weighted by atomic mass is 35.5. The van der Waals surface area contributed by atoms with Crippen LogP contribution in [0.15, 0.2) is 60.7 Å². The average Bonchev–Trinajstić information content (AvgIpc) is 2.83. The van der Waals surface area contributed by atoms with Gasteiger partial charge < -0.3 is 19.5 Å². The quantitative estimate of drug-likeness (QED) is 0.359. The normalized spacial score (nSPS) is 10.4. The maximum atomic E-state index is 5.50. The molecule has 0 aliphatic rings. The Morgan fingerprint density at radius 3 is 2.24 bits per heavy atom. The molecule has 1 aromatic heterocycles. The van der Waals surface area contributed by atoms with E-state index < -0.39 is 0 Å². The number of benzene rings is 3. The summed E-state index contributed by atoms with van der Waals surface area (Å²) < 4.78 is 16.3. The molecule has 0 radical (unpaired) electrons. The number of methoxy groups -OCH3 is 3. The van der Waals surface area contributed by atoms with Crippen molar-refractivity contribution >= 4 is 29.1 Å². The number of aromatic nitrogens is 2. The highest BCUT2D eigenvalue weighted by molar-refractivity contribution is 5.93. The lowest BCUT2D eigenvalue weighted by Gasteiger charge is -2.14. The first kappa shape index (κ1) is 24.1. The van der Waals surface area contributed by atoms with Gasteiger partial charge in [-0.2, -0.15) is 0 Å². The van der Waals surface area contributed by atoms with E-state index in [4.69, 9.17) is 24.2 Å². The van der Waals surface area contributed by atoms with E-state index in [1.54, 1.807) is 21.3 Å². The summed E-state index contributed by atoms with van der Waals surface area (Å²) in [6, 6.07) is 20.1. The number of fused-ring (bicyclic) bond motifs is 1. The molecule has 0 aliphatic heterocycles. The Balaban J connectivity index is 0.00000306. The lowest BCUT2D eigenvalue weighted by atomic mass is 10.1. The third-order valence-corrected chi connectivity index (χ3v) is 5.35. The number of nitrogens with zero attached hydrogens (tertiary/aromatic N) is 2. The van der Waals surface area contributed by atoms with Gasteiger partial charge in [-0.15, -0.1) is 12.4 Å². The van der Waals surface area contributed by atoms with Crippen LogP contribution >= 0.6 is 12.4 Å². The Morgan fingerprint density at radius 2 is 1.55 bits per heavy atom. The van der Waals surface area contributed by atoms with Gasteiger partial charge in [0, 0.05) is 23.6 Å². The second-order valence-electron chi connectivity index (χ2n) is 7.51. The maximum absolute atomic E-state index is 5.50. The SMILES string of the molecule is COc1cccc(CCNc2nc(-c3ccc(C)cc3)nc3cc(OC)c(OC)cc23)c1.Cl. The van der Waals surface area contributed by atoms with Gasteiger partial charge in [0.2, 0.25) is 0 Å². The number of aryl methyl sites for hydroxylation is 1. The third-order valence-electron chi connectivity index (χ3n) is 5.35. The van der Waals surface area contributed by atoms with Crippen LogP contribution in [0, 0.1) is 6.92 Å². The van der Waals surface area contributed by atoms with Crippen molar-refractivity contribution in [1.29, 1.82) is 0 Å². The zero-order chi connectivity index (χ0) is 22.5. The monoisotopic (exact) mass is 465 g/mol. The van der Waals surface area contributed by atoms with Gasteiger partial charge >= 0.3 is 0 Å². The summed E-state index contributed by atoms with van der Waals surface area (Å²) in [5, 5.41) is 4.37. The van der Waals surface area contributed by atoms with E-state index in [0.717, 1.165) is 34.5 Å². The van der Waals surface area contributed by atoms with Crippen molar-refractivity contribution in [3.05, 3.63) is 71.8 Å². The molecule has 0 atom stereocenters. The van der Waals surface area contributed by atoms with E-state index in [9.17, 15) is 0 Å². The minimum Gasteiger partial charge on any atom is -0.497 e. The van der Waals surface area contributed by atoms with Gasteiger partial charge in [-0.25, -0.2) is 9.97 Å². The summed E-state index contributed by atoms with van der Waals surface area (Å²) in [5.41, 5.74) is 4.13. The largest absolute Gasteiger partial charge is 0.497 e. The van der Waals surface area contributed by atoms with Crippen molar-refractivity contribution < 1.29 is 14.2 Å². The summed E-state index contributed by atoms with van der Waals surface area (Å²) in [6.45, 7) is 2.77. The van der Waals surface area contributed by atoms with Crippen LogP contribution in [0.25, 0.3) is 22.3 Å². The van der Waals surface area contributed by atoms with Crippen LogP contribution in [-0.4, -0.2) is 37.8 Å². The number of anilines is 1. The van der Waals surface area contributed by atoms with Crippen LogP contribution in [0.2, 0.25) is 0 Å². The topological polar surface area (TPSA) is 65.5 Å². The lowest BCUT2D eigenvalue weighted by molar-refractivity contribution is 0.356. The van der Waals surface area contributed by atoms with Crippen LogP contribution < -0.4 is 19.5 Å². The molecular weight excluding hydrogens is 438 g/mol. The lowest BCUT2D eigenvalue weighted by Crippen LogP contribution is -2.08. The summed E-state index contributed by atoms with van der Waals surface area (Å²) in [6.07, 6.45) is 0.829. The van der Waals surface area contributed by atoms with Crippen molar-refractivity contribution in [2.75, 3.05) is 33.2 Å². The number of hydrogen-bond acceptors (Lipinski definition) is 6. The summed E-state index contributed by atoms with van der Waals surface area (Å²) in [4.78, 5) is 9.66. The molecule has 0 bridgehead atoms. The van der Waals surface area contributed by atoms with Gasteiger partial charge in [0.25, 0.3) is 0 Å². The fraction of sp³-hybridized carbons (Fsp3) is 0.231. The van der Waals surface area contributed by atoms with Gasteiger partial charge in [0.15, 0.2) is 17.3 Å². The highest BCUT2D eigenvalue weighted by Gasteiger charge is 2.14. The van der Waals surface area contributed by atoms with Crippen molar-refractivity contribution in [2.45, 2.75) is 13.3 Å². The molecule has 0 saturated carbocycles. The molecule has 0 aliphatic carbocycles. The van der Waals surface area contributed by atoms with E-state index in [1.165, 1.54) is 11.1 Å². The van der Waals surface area contributed by atoms with E-state index in [2.05, 4.69) is 30.4 Å². The number of hydrogen-bond donors (Lipinski definition) is 1. The molecule has 0 saturated heterocycles.